The Hall–Kier alpha value is -2.73. The molecule has 0 spiro atoms. The number of carbonyl (C=O) groups is 1. The van der Waals surface area contributed by atoms with E-state index in [0.29, 0.717) is 28.1 Å². The van der Waals surface area contributed by atoms with Crippen LogP contribution in [0.25, 0.3) is 6.08 Å². The predicted octanol–water partition coefficient (Wildman–Crippen LogP) is 4.94. The molecule has 0 saturated carbocycles. The van der Waals surface area contributed by atoms with Gasteiger partial charge in [0, 0.05) is 12.1 Å². The summed E-state index contributed by atoms with van der Waals surface area (Å²) in [7, 11) is 3.22. The van der Waals surface area contributed by atoms with Gasteiger partial charge in [-0.2, -0.15) is 0 Å². The second-order valence-corrected chi connectivity index (χ2v) is 7.46. The maximum atomic E-state index is 12.9. The van der Waals surface area contributed by atoms with Gasteiger partial charge in [0.25, 0.3) is 5.91 Å². The standard InChI is InChI=1S/C22H24N2O3S/c1-6-24-21(25)20(13-16-12-17(26-4)9-10-19(16)27-5)28-22(24)23-18-11-14(2)7-8-15(18)3/h7-13H,6H2,1-5H3/b20-13+,23-22?. The van der Waals surface area contributed by atoms with Gasteiger partial charge in [-0.15, -0.1) is 0 Å². The molecule has 1 heterocycles. The van der Waals surface area contributed by atoms with Crippen molar-refractivity contribution in [3.63, 3.8) is 0 Å². The molecule has 1 saturated heterocycles. The fourth-order valence-electron chi connectivity index (χ4n) is 2.91. The van der Waals surface area contributed by atoms with Crippen molar-refractivity contribution < 1.29 is 14.3 Å². The first kappa shape index (κ1) is 20.0. The highest BCUT2D eigenvalue weighted by molar-refractivity contribution is 8.18. The van der Waals surface area contributed by atoms with Crippen LogP contribution in [0.3, 0.4) is 0 Å². The lowest BCUT2D eigenvalue weighted by Crippen LogP contribution is -2.28. The van der Waals surface area contributed by atoms with Crippen LogP contribution >= 0.6 is 11.8 Å². The zero-order chi connectivity index (χ0) is 20.3. The zero-order valence-electron chi connectivity index (χ0n) is 16.8. The van der Waals surface area contributed by atoms with E-state index in [1.807, 2.05) is 57.2 Å². The summed E-state index contributed by atoms with van der Waals surface area (Å²) in [5.41, 5.74) is 3.89. The summed E-state index contributed by atoms with van der Waals surface area (Å²) in [5.74, 6) is 1.34. The number of hydrogen-bond donors (Lipinski definition) is 0. The molecular weight excluding hydrogens is 372 g/mol. The van der Waals surface area contributed by atoms with Crippen molar-refractivity contribution in [3.8, 4) is 11.5 Å². The number of aliphatic imine (C=N–C) groups is 1. The molecule has 0 N–H and O–H groups in total. The van der Waals surface area contributed by atoms with Gasteiger partial charge in [0.05, 0.1) is 24.8 Å². The number of ether oxygens (including phenoxy) is 2. The third-order valence-electron chi connectivity index (χ3n) is 4.51. The molecule has 0 aromatic heterocycles. The number of aryl methyl sites for hydroxylation is 2. The summed E-state index contributed by atoms with van der Waals surface area (Å²) in [6.45, 7) is 6.57. The number of carbonyl (C=O) groups excluding carboxylic acids is 1. The smallest absolute Gasteiger partial charge is 0.266 e. The van der Waals surface area contributed by atoms with E-state index in [0.717, 1.165) is 22.4 Å². The third-order valence-corrected chi connectivity index (χ3v) is 5.52. The molecule has 1 fully saturated rings. The highest BCUT2D eigenvalue weighted by Gasteiger charge is 2.32. The molecule has 5 nitrogen and oxygen atoms in total. The first-order valence-corrected chi connectivity index (χ1v) is 9.87. The molecule has 2 aromatic carbocycles. The maximum Gasteiger partial charge on any atom is 0.266 e. The molecule has 3 rings (SSSR count). The molecule has 0 unspecified atom stereocenters. The summed E-state index contributed by atoms with van der Waals surface area (Å²) in [6.07, 6.45) is 1.84. The number of likely N-dealkylation sites (N-methyl/N-ethyl adjacent to an activating group) is 1. The van der Waals surface area contributed by atoms with Crippen LogP contribution in [0, 0.1) is 13.8 Å². The average Bonchev–Trinajstić information content (AvgIpc) is 2.98. The minimum Gasteiger partial charge on any atom is -0.497 e. The first-order valence-electron chi connectivity index (χ1n) is 9.06. The highest BCUT2D eigenvalue weighted by Crippen LogP contribution is 2.36. The first-order chi connectivity index (χ1) is 13.5. The Bertz CT molecular complexity index is 966. The zero-order valence-corrected chi connectivity index (χ0v) is 17.6. The van der Waals surface area contributed by atoms with E-state index in [9.17, 15) is 4.79 Å². The summed E-state index contributed by atoms with van der Waals surface area (Å²) in [5, 5.41) is 0.689. The van der Waals surface area contributed by atoms with E-state index in [4.69, 9.17) is 14.5 Å². The van der Waals surface area contributed by atoms with Crippen LogP contribution in [0.4, 0.5) is 5.69 Å². The van der Waals surface area contributed by atoms with Gasteiger partial charge in [-0.25, -0.2) is 4.99 Å². The van der Waals surface area contributed by atoms with Crippen molar-refractivity contribution in [2.75, 3.05) is 20.8 Å². The van der Waals surface area contributed by atoms with Crippen LogP contribution in [0.2, 0.25) is 0 Å². The SMILES string of the molecule is CCN1C(=O)/C(=C\c2cc(OC)ccc2OC)SC1=Nc1cc(C)ccc1C. The summed E-state index contributed by atoms with van der Waals surface area (Å²) in [4.78, 5) is 20.0. The largest absolute Gasteiger partial charge is 0.497 e. The number of amides is 1. The molecule has 6 heteroatoms. The highest BCUT2D eigenvalue weighted by atomic mass is 32.2. The average molecular weight is 397 g/mol. The van der Waals surface area contributed by atoms with Crippen LogP contribution in [0.1, 0.15) is 23.6 Å². The van der Waals surface area contributed by atoms with Gasteiger partial charge in [-0.3, -0.25) is 9.69 Å². The number of benzene rings is 2. The number of hydrogen-bond acceptors (Lipinski definition) is 5. The van der Waals surface area contributed by atoms with Crippen molar-refractivity contribution in [3.05, 3.63) is 58.0 Å². The summed E-state index contributed by atoms with van der Waals surface area (Å²) >= 11 is 1.38. The van der Waals surface area contributed by atoms with Gasteiger partial charge in [0.2, 0.25) is 0 Å². The molecule has 0 aliphatic carbocycles. The maximum absolute atomic E-state index is 12.9. The van der Waals surface area contributed by atoms with Crippen LogP contribution in [-0.2, 0) is 4.79 Å². The van der Waals surface area contributed by atoms with E-state index >= 15 is 0 Å². The molecular formula is C22H24N2O3S. The molecule has 1 amide bonds. The second kappa shape index (κ2) is 8.52. The van der Waals surface area contributed by atoms with Crippen molar-refractivity contribution in [1.82, 2.24) is 4.90 Å². The normalized spacial score (nSPS) is 16.9. The van der Waals surface area contributed by atoms with Crippen LogP contribution in [-0.4, -0.2) is 36.7 Å². The summed E-state index contributed by atoms with van der Waals surface area (Å²) < 4.78 is 10.7. The van der Waals surface area contributed by atoms with Gasteiger partial charge in [0.15, 0.2) is 5.17 Å². The number of methoxy groups -OCH3 is 2. The molecule has 0 atom stereocenters. The molecule has 0 radical (unpaired) electrons. The minimum absolute atomic E-state index is 0.0542. The Morgan fingerprint density at radius 3 is 2.57 bits per heavy atom. The van der Waals surface area contributed by atoms with Gasteiger partial charge < -0.3 is 9.47 Å². The lowest BCUT2D eigenvalue weighted by atomic mass is 10.1. The van der Waals surface area contributed by atoms with Crippen LogP contribution in [0.15, 0.2) is 46.3 Å². The Kier molecular flexibility index (Phi) is 6.09. The topological polar surface area (TPSA) is 51.1 Å². The number of thioether (sulfide) groups is 1. The molecule has 1 aliphatic rings. The van der Waals surface area contributed by atoms with E-state index in [1.165, 1.54) is 11.8 Å². The lowest BCUT2D eigenvalue weighted by Gasteiger charge is -2.13. The van der Waals surface area contributed by atoms with E-state index in [-0.39, 0.29) is 5.91 Å². The minimum atomic E-state index is -0.0542. The van der Waals surface area contributed by atoms with Gasteiger partial charge in [0.1, 0.15) is 11.5 Å². The number of rotatable bonds is 5. The van der Waals surface area contributed by atoms with Crippen molar-refractivity contribution in [2.45, 2.75) is 20.8 Å². The van der Waals surface area contributed by atoms with Gasteiger partial charge >= 0.3 is 0 Å². The quantitative estimate of drug-likeness (QED) is 0.672. The predicted molar refractivity (Wildman–Crippen MR) is 116 cm³/mol. The third kappa shape index (κ3) is 4.07. The monoisotopic (exact) mass is 396 g/mol. The number of nitrogens with zero attached hydrogens (tertiary/aromatic N) is 2. The summed E-state index contributed by atoms with van der Waals surface area (Å²) in [6, 6.07) is 11.7. The fraction of sp³-hybridized carbons (Fsp3) is 0.273. The molecule has 28 heavy (non-hydrogen) atoms. The van der Waals surface area contributed by atoms with Crippen molar-refractivity contribution in [1.29, 1.82) is 0 Å². The van der Waals surface area contributed by atoms with Crippen molar-refractivity contribution in [2.24, 2.45) is 4.99 Å². The molecule has 1 aliphatic heterocycles. The molecule has 2 aromatic rings. The Morgan fingerprint density at radius 2 is 1.89 bits per heavy atom. The molecule has 0 bridgehead atoms. The second-order valence-electron chi connectivity index (χ2n) is 6.45. The Morgan fingerprint density at radius 1 is 1.11 bits per heavy atom. The van der Waals surface area contributed by atoms with E-state index in [1.54, 1.807) is 19.1 Å². The lowest BCUT2D eigenvalue weighted by molar-refractivity contribution is -0.122. The van der Waals surface area contributed by atoms with Gasteiger partial charge in [-0.05, 0) is 74.0 Å². The van der Waals surface area contributed by atoms with Crippen LogP contribution in [0.5, 0.6) is 11.5 Å². The van der Waals surface area contributed by atoms with Crippen LogP contribution < -0.4 is 9.47 Å². The van der Waals surface area contributed by atoms with E-state index < -0.39 is 0 Å². The molecule has 146 valence electrons. The Balaban J connectivity index is 2.01. The Labute approximate surface area is 170 Å². The number of amidine groups is 1. The van der Waals surface area contributed by atoms with Gasteiger partial charge in [-0.1, -0.05) is 12.1 Å². The van der Waals surface area contributed by atoms with Crippen molar-refractivity contribution >= 4 is 34.6 Å². The fourth-order valence-corrected chi connectivity index (χ4v) is 3.95. The van der Waals surface area contributed by atoms with E-state index in [2.05, 4.69) is 6.07 Å².